The van der Waals surface area contributed by atoms with Crippen LogP contribution in [-0.2, 0) is 4.79 Å². The van der Waals surface area contributed by atoms with Gasteiger partial charge in [-0.3, -0.25) is 4.79 Å². The molecule has 0 fully saturated rings. The number of ether oxygens (including phenoxy) is 1. The number of carbonyl (C=O) groups excluding carboxylic acids is 1. The maximum Gasteiger partial charge on any atom is 0.322 e. The Hall–Kier alpha value is -2.02. The van der Waals surface area contributed by atoms with Crippen molar-refractivity contribution in [1.82, 2.24) is 14.8 Å². The first kappa shape index (κ1) is 16.4. The van der Waals surface area contributed by atoms with E-state index in [1.807, 2.05) is 30.3 Å². The van der Waals surface area contributed by atoms with E-state index >= 15 is 0 Å². The summed E-state index contributed by atoms with van der Waals surface area (Å²) in [4.78, 5) is 11.0. The molecule has 0 radical (unpaired) electrons. The van der Waals surface area contributed by atoms with Crippen molar-refractivity contribution in [2.75, 3.05) is 12.4 Å². The molecule has 2 N–H and O–H groups in total. The van der Waals surface area contributed by atoms with Gasteiger partial charge in [0, 0.05) is 0 Å². The van der Waals surface area contributed by atoms with Crippen molar-refractivity contribution in [3.63, 3.8) is 0 Å². The van der Waals surface area contributed by atoms with E-state index in [-0.39, 0.29) is 5.75 Å². The third-order valence-corrected chi connectivity index (χ3v) is 3.89. The fourth-order valence-corrected chi connectivity index (χ4v) is 2.58. The molecule has 1 amide bonds. The van der Waals surface area contributed by atoms with Crippen molar-refractivity contribution in [2.45, 2.75) is 31.3 Å². The van der Waals surface area contributed by atoms with Crippen LogP contribution in [0, 0.1) is 0 Å². The zero-order valence-corrected chi connectivity index (χ0v) is 13.4. The van der Waals surface area contributed by atoms with Crippen molar-refractivity contribution in [3.8, 4) is 11.7 Å². The molecule has 0 saturated heterocycles. The Labute approximate surface area is 134 Å². The lowest BCUT2D eigenvalue weighted by Crippen LogP contribution is -2.13. The summed E-state index contributed by atoms with van der Waals surface area (Å²) in [6.07, 6.45) is 3.22. The Morgan fingerprint density at radius 3 is 2.73 bits per heavy atom. The average molecular weight is 320 g/mol. The Morgan fingerprint density at radius 2 is 2.05 bits per heavy atom. The summed E-state index contributed by atoms with van der Waals surface area (Å²) in [5, 5.41) is 8.79. The second-order valence-corrected chi connectivity index (χ2v) is 5.69. The van der Waals surface area contributed by atoms with Crippen LogP contribution in [0.2, 0.25) is 0 Å². The molecule has 1 aromatic heterocycles. The average Bonchev–Trinajstić information content (AvgIpc) is 2.93. The first-order valence-electron chi connectivity index (χ1n) is 7.27. The number of carbonyl (C=O) groups is 1. The maximum atomic E-state index is 11.0. The van der Waals surface area contributed by atoms with Gasteiger partial charge in [0.25, 0.3) is 0 Å². The Morgan fingerprint density at radius 1 is 1.27 bits per heavy atom. The highest BCUT2D eigenvalue weighted by molar-refractivity contribution is 7.99. The standard InChI is InChI=1S/C15H20N4O2S/c1-2-3-7-10-21-14-17-18-15(22-11-13(16)20)19(14)12-8-5-4-6-9-12/h4-6,8-9H,2-3,7,10-11H2,1H3,(H2,16,20). The summed E-state index contributed by atoms with van der Waals surface area (Å²) >= 11 is 1.25. The zero-order chi connectivity index (χ0) is 15.8. The van der Waals surface area contributed by atoms with E-state index in [0.717, 1.165) is 24.9 Å². The third-order valence-electron chi connectivity index (χ3n) is 2.94. The van der Waals surface area contributed by atoms with Gasteiger partial charge in [0.2, 0.25) is 5.91 Å². The molecule has 1 aromatic carbocycles. The maximum absolute atomic E-state index is 11.0. The number of nitrogens with zero attached hydrogens (tertiary/aromatic N) is 3. The number of hydrogen-bond acceptors (Lipinski definition) is 5. The van der Waals surface area contributed by atoms with Gasteiger partial charge in [-0.1, -0.05) is 54.8 Å². The van der Waals surface area contributed by atoms with E-state index in [1.165, 1.54) is 11.8 Å². The minimum atomic E-state index is -0.391. The van der Waals surface area contributed by atoms with Crippen LogP contribution in [0.4, 0.5) is 0 Å². The zero-order valence-electron chi connectivity index (χ0n) is 12.6. The predicted octanol–water partition coefficient (Wildman–Crippen LogP) is 2.41. The number of nitrogens with two attached hydrogens (primary N) is 1. The van der Waals surface area contributed by atoms with Gasteiger partial charge in [0.05, 0.1) is 18.0 Å². The quantitative estimate of drug-likeness (QED) is 0.566. The predicted molar refractivity (Wildman–Crippen MR) is 86.3 cm³/mol. The highest BCUT2D eigenvalue weighted by Gasteiger charge is 2.16. The topological polar surface area (TPSA) is 83.0 Å². The van der Waals surface area contributed by atoms with E-state index in [0.29, 0.717) is 17.8 Å². The van der Waals surface area contributed by atoms with Gasteiger partial charge in [-0.05, 0) is 18.6 Å². The second-order valence-electron chi connectivity index (χ2n) is 4.75. The highest BCUT2D eigenvalue weighted by Crippen LogP contribution is 2.25. The molecular formula is C15H20N4O2S. The molecule has 0 unspecified atom stereocenters. The minimum absolute atomic E-state index is 0.154. The molecule has 1 heterocycles. The number of para-hydroxylation sites is 1. The molecule has 22 heavy (non-hydrogen) atoms. The van der Waals surface area contributed by atoms with E-state index in [9.17, 15) is 4.79 Å². The van der Waals surface area contributed by atoms with E-state index in [1.54, 1.807) is 4.57 Å². The molecule has 6 nitrogen and oxygen atoms in total. The first-order chi connectivity index (χ1) is 10.7. The lowest BCUT2D eigenvalue weighted by molar-refractivity contribution is -0.115. The summed E-state index contributed by atoms with van der Waals surface area (Å²) < 4.78 is 7.55. The summed E-state index contributed by atoms with van der Waals surface area (Å²) in [6, 6.07) is 10.1. The monoisotopic (exact) mass is 320 g/mol. The Bertz CT molecular complexity index is 601. The van der Waals surface area contributed by atoms with E-state index in [2.05, 4.69) is 17.1 Å². The van der Waals surface area contributed by atoms with Crippen LogP contribution in [0.5, 0.6) is 6.01 Å². The molecule has 0 bridgehead atoms. The Kier molecular flexibility index (Phi) is 6.27. The number of hydrogen-bond donors (Lipinski definition) is 1. The van der Waals surface area contributed by atoms with Gasteiger partial charge >= 0.3 is 6.01 Å². The molecule has 0 aliphatic rings. The van der Waals surface area contributed by atoms with Crippen LogP contribution in [0.1, 0.15) is 26.2 Å². The molecule has 2 rings (SSSR count). The molecular weight excluding hydrogens is 300 g/mol. The van der Waals surface area contributed by atoms with Crippen LogP contribution in [0.25, 0.3) is 5.69 Å². The van der Waals surface area contributed by atoms with Gasteiger partial charge < -0.3 is 10.5 Å². The molecule has 0 aliphatic carbocycles. The molecule has 2 aromatic rings. The van der Waals surface area contributed by atoms with Gasteiger partial charge in [-0.2, -0.15) is 0 Å². The minimum Gasteiger partial charge on any atom is -0.463 e. The SMILES string of the molecule is CCCCCOc1nnc(SCC(N)=O)n1-c1ccccc1. The number of primary amides is 1. The summed E-state index contributed by atoms with van der Waals surface area (Å²) in [5.41, 5.74) is 6.09. The van der Waals surface area contributed by atoms with Crippen molar-refractivity contribution in [1.29, 1.82) is 0 Å². The van der Waals surface area contributed by atoms with Crippen molar-refractivity contribution in [3.05, 3.63) is 30.3 Å². The van der Waals surface area contributed by atoms with Crippen LogP contribution >= 0.6 is 11.8 Å². The Balaban J connectivity index is 2.19. The molecule has 0 saturated carbocycles. The lowest BCUT2D eigenvalue weighted by Gasteiger charge is -2.10. The second kappa shape index (κ2) is 8.43. The lowest BCUT2D eigenvalue weighted by atomic mass is 10.3. The van der Waals surface area contributed by atoms with Crippen LogP contribution in [0.15, 0.2) is 35.5 Å². The fourth-order valence-electron chi connectivity index (χ4n) is 1.89. The largest absolute Gasteiger partial charge is 0.463 e. The van der Waals surface area contributed by atoms with Crippen molar-refractivity contribution >= 4 is 17.7 Å². The number of benzene rings is 1. The van der Waals surface area contributed by atoms with Gasteiger partial charge in [-0.25, -0.2) is 4.57 Å². The number of aromatic nitrogens is 3. The van der Waals surface area contributed by atoms with Gasteiger partial charge in [-0.15, -0.1) is 5.10 Å². The van der Waals surface area contributed by atoms with Crippen molar-refractivity contribution in [2.24, 2.45) is 5.73 Å². The number of amides is 1. The number of thioether (sulfide) groups is 1. The van der Waals surface area contributed by atoms with Crippen LogP contribution in [-0.4, -0.2) is 33.0 Å². The van der Waals surface area contributed by atoms with Gasteiger partial charge in [0.15, 0.2) is 5.16 Å². The number of unbranched alkanes of at least 4 members (excludes halogenated alkanes) is 2. The molecule has 0 atom stereocenters. The smallest absolute Gasteiger partial charge is 0.322 e. The fraction of sp³-hybridized carbons (Fsp3) is 0.400. The van der Waals surface area contributed by atoms with Crippen LogP contribution < -0.4 is 10.5 Å². The third kappa shape index (κ3) is 4.49. The molecule has 0 spiro atoms. The number of rotatable bonds is 9. The normalized spacial score (nSPS) is 10.6. The van der Waals surface area contributed by atoms with Crippen LogP contribution in [0.3, 0.4) is 0 Å². The molecule has 7 heteroatoms. The highest BCUT2D eigenvalue weighted by atomic mass is 32.2. The van der Waals surface area contributed by atoms with E-state index in [4.69, 9.17) is 10.5 Å². The van der Waals surface area contributed by atoms with E-state index < -0.39 is 5.91 Å². The summed E-state index contributed by atoms with van der Waals surface area (Å²) in [7, 11) is 0. The van der Waals surface area contributed by atoms with Gasteiger partial charge in [0.1, 0.15) is 0 Å². The summed E-state index contributed by atoms with van der Waals surface area (Å²) in [5.74, 6) is -0.237. The summed E-state index contributed by atoms with van der Waals surface area (Å²) in [6.45, 7) is 2.74. The molecule has 0 aliphatic heterocycles. The molecule has 118 valence electrons. The van der Waals surface area contributed by atoms with Crippen molar-refractivity contribution < 1.29 is 9.53 Å². The first-order valence-corrected chi connectivity index (χ1v) is 8.25.